The highest BCUT2D eigenvalue weighted by atomic mass is 16.6. The molecule has 0 saturated carbocycles. The van der Waals surface area contributed by atoms with Gasteiger partial charge in [0.2, 0.25) is 5.91 Å². The second-order valence-corrected chi connectivity index (χ2v) is 6.02. The van der Waals surface area contributed by atoms with Gasteiger partial charge >= 0.3 is 0 Å². The molecule has 0 saturated heterocycles. The highest BCUT2D eigenvalue weighted by Gasteiger charge is 2.17. The van der Waals surface area contributed by atoms with Crippen molar-refractivity contribution in [2.75, 3.05) is 13.2 Å². The molecule has 0 aromatic heterocycles. The van der Waals surface area contributed by atoms with E-state index in [-0.39, 0.29) is 17.6 Å². The van der Waals surface area contributed by atoms with Crippen LogP contribution in [-0.2, 0) is 4.79 Å². The first-order valence-electron chi connectivity index (χ1n) is 8.70. The van der Waals surface area contributed by atoms with Crippen molar-refractivity contribution in [1.82, 2.24) is 5.32 Å². The van der Waals surface area contributed by atoms with Gasteiger partial charge in [0.1, 0.15) is 13.2 Å². The van der Waals surface area contributed by atoms with Gasteiger partial charge < -0.3 is 14.8 Å². The maximum Gasteiger partial charge on any atom is 0.276 e. The quantitative estimate of drug-likeness (QED) is 0.477. The zero-order valence-electron chi connectivity index (χ0n) is 14.9. The van der Waals surface area contributed by atoms with E-state index in [0.29, 0.717) is 36.7 Å². The summed E-state index contributed by atoms with van der Waals surface area (Å²) in [6, 6.07) is 11.7. The number of para-hydroxylation sites is 1. The molecule has 7 heteroatoms. The summed E-state index contributed by atoms with van der Waals surface area (Å²) in [5.41, 5.74) is 1.25. The molecule has 1 heterocycles. The minimum atomic E-state index is -0.471. The molecule has 0 bridgehead atoms. The lowest BCUT2D eigenvalue weighted by Gasteiger charge is -2.22. The van der Waals surface area contributed by atoms with Gasteiger partial charge in [0, 0.05) is 12.1 Å². The van der Waals surface area contributed by atoms with Crippen molar-refractivity contribution in [2.24, 2.45) is 0 Å². The van der Waals surface area contributed by atoms with Crippen LogP contribution in [0.25, 0.3) is 6.08 Å². The zero-order valence-corrected chi connectivity index (χ0v) is 14.9. The maximum atomic E-state index is 12.3. The number of hydrogen-bond acceptors (Lipinski definition) is 5. The summed E-state index contributed by atoms with van der Waals surface area (Å²) in [5.74, 6) is 1.04. The molecule has 1 amide bonds. The first kappa shape index (κ1) is 18.4. The Morgan fingerprint density at radius 3 is 2.70 bits per heavy atom. The predicted octanol–water partition coefficient (Wildman–Crippen LogP) is 3.65. The number of nitro benzene ring substituents is 1. The van der Waals surface area contributed by atoms with E-state index < -0.39 is 4.92 Å². The average Bonchev–Trinajstić information content (AvgIpc) is 2.70. The van der Waals surface area contributed by atoms with Crippen LogP contribution in [0.3, 0.4) is 0 Å². The highest BCUT2D eigenvalue weighted by molar-refractivity contribution is 5.92. The first-order valence-corrected chi connectivity index (χ1v) is 8.70. The van der Waals surface area contributed by atoms with Crippen LogP contribution in [0.2, 0.25) is 0 Å². The SMILES string of the molecule is CCC(NC(=O)C=Cc1ccccc1[N+](=O)[O-])c1ccc2c(c1)OCCO2. The number of carbonyl (C=O) groups is 1. The molecule has 7 nitrogen and oxygen atoms in total. The molecule has 3 rings (SSSR count). The Morgan fingerprint density at radius 1 is 1.22 bits per heavy atom. The van der Waals surface area contributed by atoms with Gasteiger partial charge in [0.25, 0.3) is 5.69 Å². The van der Waals surface area contributed by atoms with E-state index in [4.69, 9.17) is 9.47 Å². The van der Waals surface area contributed by atoms with E-state index in [2.05, 4.69) is 5.32 Å². The molecule has 1 aliphatic rings. The molecular formula is C20H20N2O5. The van der Waals surface area contributed by atoms with E-state index in [1.165, 1.54) is 18.2 Å². The second-order valence-electron chi connectivity index (χ2n) is 6.02. The molecule has 0 fully saturated rings. The summed E-state index contributed by atoms with van der Waals surface area (Å²) in [7, 11) is 0. The third-order valence-electron chi connectivity index (χ3n) is 4.24. The Kier molecular flexibility index (Phi) is 5.71. The molecule has 140 valence electrons. The van der Waals surface area contributed by atoms with E-state index in [9.17, 15) is 14.9 Å². The summed E-state index contributed by atoms with van der Waals surface area (Å²) in [5, 5.41) is 14.0. The third kappa shape index (κ3) is 4.44. The molecule has 0 spiro atoms. The standard InChI is InChI=1S/C20H20N2O5/c1-2-16(15-7-9-18-19(13-15)27-12-11-26-18)21-20(23)10-8-14-5-3-4-6-17(14)22(24)25/h3-10,13,16H,2,11-12H2,1H3,(H,21,23). The predicted molar refractivity (Wildman–Crippen MR) is 101 cm³/mol. The Bertz CT molecular complexity index is 878. The van der Waals surface area contributed by atoms with Crippen LogP contribution < -0.4 is 14.8 Å². The van der Waals surface area contributed by atoms with Crippen molar-refractivity contribution < 1.29 is 19.2 Å². The molecule has 0 radical (unpaired) electrons. The van der Waals surface area contributed by atoms with Crippen LogP contribution in [0.1, 0.15) is 30.5 Å². The topological polar surface area (TPSA) is 90.7 Å². The van der Waals surface area contributed by atoms with Gasteiger partial charge in [-0.3, -0.25) is 14.9 Å². The summed E-state index contributed by atoms with van der Waals surface area (Å²) >= 11 is 0. The third-order valence-corrected chi connectivity index (χ3v) is 4.24. The lowest BCUT2D eigenvalue weighted by atomic mass is 10.0. The van der Waals surface area contributed by atoms with Crippen LogP contribution >= 0.6 is 0 Å². The van der Waals surface area contributed by atoms with E-state index in [1.54, 1.807) is 18.2 Å². The van der Waals surface area contributed by atoms with Gasteiger partial charge in [0.05, 0.1) is 16.5 Å². The molecule has 27 heavy (non-hydrogen) atoms. The van der Waals surface area contributed by atoms with Crippen LogP contribution in [0.4, 0.5) is 5.69 Å². The number of rotatable bonds is 6. The second kappa shape index (κ2) is 8.35. The number of nitrogens with zero attached hydrogens (tertiary/aromatic N) is 1. The van der Waals surface area contributed by atoms with E-state index >= 15 is 0 Å². The summed E-state index contributed by atoms with van der Waals surface area (Å²) in [4.78, 5) is 22.9. The van der Waals surface area contributed by atoms with Crippen molar-refractivity contribution in [2.45, 2.75) is 19.4 Å². The fourth-order valence-electron chi connectivity index (χ4n) is 2.88. The fourth-order valence-corrected chi connectivity index (χ4v) is 2.88. The van der Waals surface area contributed by atoms with Crippen LogP contribution in [0.5, 0.6) is 11.5 Å². The van der Waals surface area contributed by atoms with E-state index in [0.717, 1.165) is 5.56 Å². The summed E-state index contributed by atoms with van der Waals surface area (Å²) < 4.78 is 11.1. The van der Waals surface area contributed by atoms with Crippen LogP contribution in [-0.4, -0.2) is 24.0 Å². The lowest BCUT2D eigenvalue weighted by Crippen LogP contribution is -2.26. The van der Waals surface area contributed by atoms with Gasteiger partial charge in [-0.2, -0.15) is 0 Å². The molecule has 1 atom stereocenters. The number of fused-ring (bicyclic) bond motifs is 1. The number of nitro groups is 1. The Morgan fingerprint density at radius 2 is 1.96 bits per heavy atom. The fraction of sp³-hybridized carbons (Fsp3) is 0.250. The summed E-state index contributed by atoms with van der Waals surface area (Å²) in [6.45, 7) is 2.99. The Labute approximate surface area is 156 Å². The number of ether oxygens (including phenoxy) is 2. The number of nitrogens with one attached hydrogen (secondary N) is 1. The van der Waals surface area contributed by atoms with Crippen molar-refractivity contribution in [3.8, 4) is 11.5 Å². The molecule has 1 N–H and O–H groups in total. The maximum absolute atomic E-state index is 12.3. The zero-order chi connectivity index (χ0) is 19.2. The van der Waals surface area contributed by atoms with Crippen LogP contribution in [0, 0.1) is 10.1 Å². The highest BCUT2D eigenvalue weighted by Crippen LogP contribution is 2.33. The molecular weight excluding hydrogens is 348 g/mol. The molecule has 1 unspecified atom stereocenters. The average molecular weight is 368 g/mol. The van der Waals surface area contributed by atoms with E-state index in [1.807, 2.05) is 25.1 Å². The first-order chi connectivity index (χ1) is 13.1. The Balaban J connectivity index is 1.71. The molecule has 1 aliphatic heterocycles. The van der Waals surface area contributed by atoms with Crippen molar-refractivity contribution in [1.29, 1.82) is 0 Å². The molecule has 0 aliphatic carbocycles. The summed E-state index contributed by atoms with van der Waals surface area (Å²) in [6.07, 6.45) is 3.44. The van der Waals surface area contributed by atoms with Crippen LogP contribution in [0.15, 0.2) is 48.5 Å². The monoisotopic (exact) mass is 368 g/mol. The van der Waals surface area contributed by atoms with Gasteiger partial charge in [-0.05, 0) is 36.3 Å². The largest absolute Gasteiger partial charge is 0.486 e. The van der Waals surface area contributed by atoms with Gasteiger partial charge in [-0.1, -0.05) is 25.1 Å². The van der Waals surface area contributed by atoms with Gasteiger partial charge in [0.15, 0.2) is 11.5 Å². The van der Waals surface area contributed by atoms with Crippen molar-refractivity contribution in [3.05, 3.63) is 69.8 Å². The smallest absolute Gasteiger partial charge is 0.276 e. The van der Waals surface area contributed by atoms with Crippen molar-refractivity contribution in [3.63, 3.8) is 0 Å². The number of amides is 1. The number of carbonyl (C=O) groups excluding carboxylic acids is 1. The lowest BCUT2D eigenvalue weighted by molar-refractivity contribution is -0.385. The van der Waals surface area contributed by atoms with Crippen molar-refractivity contribution >= 4 is 17.7 Å². The number of benzene rings is 2. The Hall–Kier alpha value is -3.35. The van der Waals surface area contributed by atoms with Gasteiger partial charge in [-0.15, -0.1) is 0 Å². The minimum Gasteiger partial charge on any atom is -0.486 e. The van der Waals surface area contributed by atoms with Gasteiger partial charge in [-0.25, -0.2) is 0 Å². The minimum absolute atomic E-state index is 0.0413. The molecule has 2 aromatic carbocycles. The number of hydrogen-bond donors (Lipinski definition) is 1. The normalized spacial score (nSPS) is 14.0. The molecule has 2 aromatic rings.